The molecule has 0 saturated carbocycles. The average Bonchev–Trinajstić information content (AvgIpc) is 2.55. The Kier molecular flexibility index (Phi) is 3.90. The van der Waals surface area contributed by atoms with E-state index in [-0.39, 0.29) is 5.41 Å². The van der Waals surface area contributed by atoms with Crippen LogP contribution in [0.4, 0.5) is 0 Å². The first kappa shape index (κ1) is 15.3. The normalized spacial score (nSPS) is 15.2. The summed E-state index contributed by atoms with van der Waals surface area (Å²) in [5, 5.41) is 7.17. The van der Waals surface area contributed by atoms with E-state index in [1.54, 1.807) is 30.3 Å². The summed E-state index contributed by atoms with van der Waals surface area (Å²) in [5.41, 5.74) is 2.29. The summed E-state index contributed by atoms with van der Waals surface area (Å²) < 4.78 is 11.1. The third-order valence-electron chi connectivity index (χ3n) is 4.19. The minimum Gasteiger partial charge on any atom is -0.493 e. The molecule has 0 spiro atoms. The maximum atomic E-state index is 12.4. The highest BCUT2D eigenvalue weighted by molar-refractivity contribution is 5.91. The van der Waals surface area contributed by atoms with E-state index in [1.165, 1.54) is 6.21 Å². The molecule has 0 saturated heterocycles. The van der Waals surface area contributed by atoms with Gasteiger partial charge in [0.2, 0.25) is 0 Å². The molecule has 0 atom stereocenters. The quantitative estimate of drug-likeness (QED) is 0.530. The number of ether oxygens (including phenoxy) is 2. The van der Waals surface area contributed by atoms with Crippen LogP contribution in [-0.4, -0.2) is 18.8 Å². The molecule has 1 heterocycles. The number of carbonyl (C=O) groups is 1. The zero-order valence-corrected chi connectivity index (χ0v) is 13.3. The molecule has 0 fully saturated rings. The van der Waals surface area contributed by atoms with E-state index < -0.39 is 5.97 Å². The highest BCUT2D eigenvalue weighted by atomic mass is 16.5. The summed E-state index contributed by atoms with van der Waals surface area (Å²) in [6.07, 6.45) is 2.17. The van der Waals surface area contributed by atoms with Gasteiger partial charge < -0.3 is 14.9 Å². The van der Waals surface area contributed by atoms with Crippen molar-refractivity contribution < 1.29 is 14.3 Å². The first-order valence-electron chi connectivity index (χ1n) is 7.60. The molecule has 1 aliphatic heterocycles. The lowest BCUT2D eigenvalue weighted by Crippen LogP contribution is -2.27. The number of esters is 1. The number of fused-ring (bicyclic) bond motifs is 1. The predicted octanol–water partition coefficient (Wildman–Crippen LogP) is 3.96. The molecule has 23 heavy (non-hydrogen) atoms. The molecule has 4 nitrogen and oxygen atoms in total. The zero-order chi connectivity index (χ0) is 16.4. The van der Waals surface area contributed by atoms with Gasteiger partial charge in [-0.1, -0.05) is 13.8 Å². The molecule has 0 aliphatic carbocycles. The SMILES string of the molecule is CC1(C)CCOc2ccc(C(=O)Oc3ccc(C=N)cc3)cc21. The number of carbonyl (C=O) groups excluding carboxylic acids is 1. The highest BCUT2D eigenvalue weighted by Gasteiger charge is 2.29. The van der Waals surface area contributed by atoms with E-state index in [4.69, 9.17) is 14.9 Å². The molecule has 118 valence electrons. The van der Waals surface area contributed by atoms with Crippen LogP contribution in [0.1, 0.15) is 41.8 Å². The van der Waals surface area contributed by atoms with Gasteiger partial charge in [0, 0.05) is 11.8 Å². The molecule has 1 aliphatic rings. The number of nitrogens with one attached hydrogen (secondary N) is 1. The van der Waals surface area contributed by atoms with Crippen molar-refractivity contribution in [3.8, 4) is 11.5 Å². The van der Waals surface area contributed by atoms with Crippen molar-refractivity contribution in [1.82, 2.24) is 0 Å². The highest BCUT2D eigenvalue weighted by Crippen LogP contribution is 2.38. The van der Waals surface area contributed by atoms with Gasteiger partial charge in [-0.3, -0.25) is 0 Å². The van der Waals surface area contributed by atoms with Crippen molar-refractivity contribution in [3.63, 3.8) is 0 Å². The fourth-order valence-electron chi connectivity index (χ4n) is 2.66. The minimum absolute atomic E-state index is 0.0184. The van der Waals surface area contributed by atoms with Crippen LogP contribution < -0.4 is 9.47 Å². The van der Waals surface area contributed by atoms with Gasteiger partial charge in [0.1, 0.15) is 11.5 Å². The second kappa shape index (κ2) is 5.88. The summed E-state index contributed by atoms with van der Waals surface area (Å²) in [6.45, 7) is 5.00. The Hall–Kier alpha value is -2.62. The lowest BCUT2D eigenvalue weighted by molar-refractivity contribution is 0.0734. The summed E-state index contributed by atoms with van der Waals surface area (Å²) in [7, 11) is 0. The van der Waals surface area contributed by atoms with Crippen LogP contribution in [-0.2, 0) is 5.41 Å². The summed E-state index contributed by atoms with van der Waals surface area (Å²) in [5.74, 6) is 0.916. The molecular formula is C19H19NO3. The second-order valence-electron chi connectivity index (χ2n) is 6.30. The first-order valence-corrected chi connectivity index (χ1v) is 7.60. The molecule has 0 bridgehead atoms. The number of hydrogen-bond donors (Lipinski definition) is 1. The number of benzene rings is 2. The largest absolute Gasteiger partial charge is 0.493 e. The third kappa shape index (κ3) is 3.11. The smallest absolute Gasteiger partial charge is 0.343 e. The zero-order valence-electron chi connectivity index (χ0n) is 13.3. The van der Waals surface area contributed by atoms with Crippen LogP contribution in [0.25, 0.3) is 0 Å². The third-order valence-corrected chi connectivity index (χ3v) is 4.19. The van der Waals surface area contributed by atoms with E-state index >= 15 is 0 Å². The maximum Gasteiger partial charge on any atom is 0.343 e. The van der Waals surface area contributed by atoms with Crippen LogP contribution in [0.3, 0.4) is 0 Å². The lowest BCUT2D eigenvalue weighted by atomic mass is 9.79. The predicted molar refractivity (Wildman–Crippen MR) is 88.9 cm³/mol. The van der Waals surface area contributed by atoms with E-state index in [1.807, 2.05) is 12.1 Å². The van der Waals surface area contributed by atoms with Gasteiger partial charge in [0.15, 0.2) is 0 Å². The Morgan fingerprint density at radius 2 is 1.96 bits per heavy atom. The Bertz CT molecular complexity index is 748. The van der Waals surface area contributed by atoms with E-state index in [2.05, 4.69) is 13.8 Å². The topological polar surface area (TPSA) is 59.4 Å². The van der Waals surface area contributed by atoms with Gasteiger partial charge in [-0.25, -0.2) is 4.79 Å². The molecule has 0 aromatic heterocycles. The van der Waals surface area contributed by atoms with Crippen LogP contribution in [0.5, 0.6) is 11.5 Å². The molecule has 3 rings (SSSR count). The Morgan fingerprint density at radius 1 is 1.22 bits per heavy atom. The van der Waals surface area contributed by atoms with E-state index in [0.29, 0.717) is 17.9 Å². The van der Waals surface area contributed by atoms with Crippen molar-refractivity contribution in [2.75, 3.05) is 6.61 Å². The van der Waals surface area contributed by atoms with Gasteiger partial charge in [-0.05, 0) is 59.9 Å². The van der Waals surface area contributed by atoms with Crippen LogP contribution in [0.2, 0.25) is 0 Å². The fourth-order valence-corrected chi connectivity index (χ4v) is 2.66. The molecule has 0 unspecified atom stereocenters. The monoisotopic (exact) mass is 309 g/mol. The minimum atomic E-state index is -0.392. The number of rotatable bonds is 3. The van der Waals surface area contributed by atoms with Crippen molar-refractivity contribution >= 4 is 12.2 Å². The lowest BCUT2D eigenvalue weighted by Gasteiger charge is -2.32. The first-order chi connectivity index (χ1) is 11.0. The van der Waals surface area contributed by atoms with Crippen molar-refractivity contribution in [3.05, 3.63) is 59.2 Å². The maximum absolute atomic E-state index is 12.4. The van der Waals surface area contributed by atoms with Crippen LogP contribution in [0, 0.1) is 5.41 Å². The molecule has 0 amide bonds. The summed E-state index contributed by atoms with van der Waals surface area (Å²) in [4.78, 5) is 12.4. The average molecular weight is 309 g/mol. The summed E-state index contributed by atoms with van der Waals surface area (Å²) >= 11 is 0. The van der Waals surface area contributed by atoms with E-state index in [0.717, 1.165) is 23.3 Å². The Balaban J connectivity index is 1.83. The van der Waals surface area contributed by atoms with E-state index in [9.17, 15) is 4.79 Å². The second-order valence-corrected chi connectivity index (χ2v) is 6.30. The number of hydrogen-bond acceptors (Lipinski definition) is 4. The van der Waals surface area contributed by atoms with Crippen LogP contribution in [0.15, 0.2) is 42.5 Å². The van der Waals surface area contributed by atoms with Crippen LogP contribution >= 0.6 is 0 Å². The summed E-state index contributed by atoms with van der Waals surface area (Å²) in [6, 6.07) is 12.3. The van der Waals surface area contributed by atoms with Crippen molar-refractivity contribution in [2.24, 2.45) is 0 Å². The molecule has 1 N–H and O–H groups in total. The van der Waals surface area contributed by atoms with Gasteiger partial charge >= 0.3 is 5.97 Å². The van der Waals surface area contributed by atoms with Crippen molar-refractivity contribution in [2.45, 2.75) is 25.7 Å². The molecular weight excluding hydrogens is 290 g/mol. The molecule has 4 heteroatoms. The standard InChI is InChI=1S/C19H19NO3/c1-19(2)9-10-22-17-8-5-14(11-16(17)19)18(21)23-15-6-3-13(12-20)4-7-15/h3-8,11-12,20H,9-10H2,1-2H3. The molecule has 2 aromatic carbocycles. The fraction of sp³-hybridized carbons (Fsp3) is 0.263. The van der Waals surface area contributed by atoms with Crippen molar-refractivity contribution in [1.29, 1.82) is 5.41 Å². The Labute approximate surface area is 135 Å². The molecule has 0 radical (unpaired) electrons. The Morgan fingerprint density at radius 3 is 2.65 bits per heavy atom. The van der Waals surface area contributed by atoms with Gasteiger partial charge in [-0.2, -0.15) is 0 Å². The van der Waals surface area contributed by atoms with Gasteiger partial charge in [-0.15, -0.1) is 0 Å². The van der Waals surface area contributed by atoms with Gasteiger partial charge in [0.05, 0.1) is 12.2 Å². The molecule has 2 aromatic rings. The van der Waals surface area contributed by atoms with Gasteiger partial charge in [0.25, 0.3) is 0 Å².